The van der Waals surface area contributed by atoms with Crippen molar-refractivity contribution in [1.82, 2.24) is 13.9 Å². The van der Waals surface area contributed by atoms with Gasteiger partial charge in [0.1, 0.15) is 5.82 Å². The van der Waals surface area contributed by atoms with E-state index in [4.69, 9.17) is 0 Å². The molecule has 108 valence electrons. The molecule has 1 unspecified atom stereocenters. The van der Waals surface area contributed by atoms with Crippen molar-refractivity contribution in [3.8, 4) is 0 Å². The fourth-order valence-corrected chi connectivity index (χ4v) is 3.97. The average Bonchev–Trinajstić information content (AvgIpc) is 2.94. The molecule has 1 aliphatic heterocycles. The Bertz CT molecular complexity index is 548. The molecule has 0 radical (unpaired) electrons. The Kier molecular flexibility index (Phi) is 4.01. The van der Waals surface area contributed by atoms with Crippen molar-refractivity contribution >= 4 is 10.0 Å². The van der Waals surface area contributed by atoms with E-state index < -0.39 is 10.0 Å². The molecule has 0 aromatic carbocycles. The quantitative estimate of drug-likeness (QED) is 0.849. The smallest absolute Gasteiger partial charge is 0.213 e. The van der Waals surface area contributed by atoms with E-state index in [9.17, 15) is 8.42 Å². The van der Waals surface area contributed by atoms with Crippen LogP contribution in [0, 0.1) is 6.92 Å². The highest BCUT2D eigenvalue weighted by atomic mass is 32.2. The zero-order valence-corrected chi connectivity index (χ0v) is 12.9. The Labute approximate surface area is 115 Å². The molecule has 1 aromatic heterocycles. The fourth-order valence-electron chi connectivity index (χ4n) is 2.81. The van der Waals surface area contributed by atoms with E-state index >= 15 is 0 Å². The average molecular weight is 285 g/mol. The van der Waals surface area contributed by atoms with Gasteiger partial charge in [-0.3, -0.25) is 0 Å². The van der Waals surface area contributed by atoms with Gasteiger partial charge in [-0.1, -0.05) is 0 Å². The fraction of sp³-hybridized carbons (Fsp3) is 0.769. The zero-order chi connectivity index (χ0) is 14.2. The molecule has 0 spiro atoms. The Morgan fingerprint density at radius 2 is 2.16 bits per heavy atom. The van der Waals surface area contributed by atoms with Gasteiger partial charge in [-0.15, -0.1) is 0 Å². The van der Waals surface area contributed by atoms with Crippen LogP contribution >= 0.6 is 0 Å². The number of aryl methyl sites for hydroxylation is 1. The van der Waals surface area contributed by atoms with Gasteiger partial charge in [-0.25, -0.2) is 17.7 Å². The second kappa shape index (κ2) is 5.25. The minimum Gasteiger partial charge on any atom is -0.330 e. The molecule has 0 bridgehead atoms. The van der Waals surface area contributed by atoms with Crippen molar-refractivity contribution in [1.29, 1.82) is 0 Å². The summed E-state index contributed by atoms with van der Waals surface area (Å²) in [5.74, 6) is 1.43. The summed E-state index contributed by atoms with van der Waals surface area (Å²) < 4.78 is 27.6. The normalized spacial score (nSPS) is 21.4. The van der Waals surface area contributed by atoms with Crippen molar-refractivity contribution < 1.29 is 8.42 Å². The van der Waals surface area contributed by atoms with Crippen LogP contribution < -0.4 is 0 Å². The van der Waals surface area contributed by atoms with Crippen molar-refractivity contribution in [3.05, 3.63) is 17.7 Å². The van der Waals surface area contributed by atoms with Crippen LogP contribution in [0.1, 0.15) is 50.7 Å². The van der Waals surface area contributed by atoms with Crippen molar-refractivity contribution in [2.75, 3.05) is 18.8 Å². The van der Waals surface area contributed by atoms with Gasteiger partial charge in [0.05, 0.1) is 5.75 Å². The summed E-state index contributed by atoms with van der Waals surface area (Å²) in [4.78, 5) is 4.50. The lowest BCUT2D eigenvalue weighted by atomic mass is 10.1. The molecule has 0 saturated carbocycles. The highest BCUT2D eigenvalue weighted by Gasteiger charge is 2.33. The molecule has 1 atom stereocenters. The molecule has 2 rings (SSSR count). The molecule has 19 heavy (non-hydrogen) atoms. The predicted molar refractivity (Wildman–Crippen MR) is 75.7 cm³/mol. The van der Waals surface area contributed by atoms with E-state index in [2.05, 4.69) is 23.4 Å². The summed E-state index contributed by atoms with van der Waals surface area (Å²) in [6, 6.07) is 0.356. The summed E-state index contributed by atoms with van der Waals surface area (Å²) >= 11 is 0. The highest BCUT2D eigenvalue weighted by molar-refractivity contribution is 7.89. The molecule has 2 heterocycles. The molecule has 1 saturated heterocycles. The van der Waals surface area contributed by atoms with Crippen LogP contribution in [0.2, 0.25) is 0 Å². The molecule has 0 amide bonds. The van der Waals surface area contributed by atoms with Crippen LogP contribution in [0.25, 0.3) is 0 Å². The van der Waals surface area contributed by atoms with E-state index in [0.717, 1.165) is 17.9 Å². The molecule has 6 heteroatoms. The first-order valence-electron chi connectivity index (χ1n) is 6.88. The van der Waals surface area contributed by atoms with Gasteiger partial charge >= 0.3 is 0 Å². The van der Waals surface area contributed by atoms with E-state index in [1.165, 1.54) is 0 Å². The Hall–Kier alpha value is -0.880. The topological polar surface area (TPSA) is 55.2 Å². The molecular formula is C13H23N3O2S. The number of nitrogens with zero attached hydrogens (tertiary/aromatic N) is 3. The molecular weight excluding hydrogens is 262 g/mol. The first kappa shape index (κ1) is 14.5. The Morgan fingerprint density at radius 1 is 1.47 bits per heavy atom. The molecule has 0 N–H and O–H groups in total. The number of hydrogen-bond acceptors (Lipinski definition) is 3. The summed E-state index contributed by atoms with van der Waals surface area (Å²) in [6.45, 7) is 9.19. The summed E-state index contributed by atoms with van der Waals surface area (Å²) in [5.41, 5.74) is 1.14. The third-order valence-electron chi connectivity index (χ3n) is 3.80. The number of hydrogen-bond donors (Lipinski definition) is 0. The van der Waals surface area contributed by atoms with E-state index in [-0.39, 0.29) is 11.7 Å². The monoisotopic (exact) mass is 285 g/mol. The van der Waals surface area contributed by atoms with Crippen molar-refractivity contribution in [2.24, 2.45) is 0 Å². The standard InChI is InChI=1S/C13H23N3O2S/c1-5-19(17,18)15-7-6-12(9-15)13-14-8-11(4)16(13)10(2)3/h8,10,12H,5-7,9H2,1-4H3. The SMILES string of the molecule is CCS(=O)(=O)N1CCC(c2ncc(C)n2C(C)C)C1. The third-order valence-corrected chi connectivity index (χ3v) is 5.65. The zero-order valence-electron chi connectivity index (χ0n) is 12.1. The molecule has 1 aromatic rings. The van der Waals surface area contributed by atoms with Gasteiger partial charge in [0.25, 0.3) is 0 Å². The third kappa shape index (κ3) is 2.69. The number of imidazole rings is 1. The van der Waals surface area contributed by atoms with Crippen LogP contribution in [0.3, 0.4) is 0 Å². The maximum absolute atomic E-state index is 11.9. The summed E-state index contributed by atoms with van der Waals surface area (Å²) in [5, 5.41) is 0. The Morgan fingerprint density at radius 3 is 2.74 bits per heavy atom. The van der Waals surface area contributed by atoms with Gasteiger partial charge < -0.3 is 4.57 Å². The minimum absolute atomic E-state index is 0.178. The maximum Gasteiger partial charge on any atom is 0.213 e. The molecule has 1 aliphatic rings. The Balaban J connectivity index is 2.23. The van der Waals surface area contributed by atoms with Crippen LogP contribution in [0.4, 0.5) is 0 Å². The number of rotatable bonds is 4. The van der Waals surface area contributed by atoms with Crippen LogP contribution in [0.5, 0.6) is 0 Å². The van der Waals surface area contributed by atoms with E-state index in [1.54, 1.807) is 11.2 Å². The first-order chi connectivity index (χ1) is 8.86. The largest absolute Gasteiger partial charge is 0.330 e. The first-order valence-corrected chi connectivity index (χ1v) is 8.49. The summed E-state index contributed by atoms with van der Waals surface area (Å²) in [7, 11) is -3.07. The maximum atomic E-state index is 11.9. The van der Waals surface area contributed by atoms with Crippen LogP contribution in [-0.2, 0) is 10.0 Å². The van der Waals surface area contributed by atoms with Crippen molar-refractivity contribution in [3.63, 3.8) is 0 Å². The lowest BCUT2D eigenvalue weighted by Crippen LogP contribution is -2.30. The van der Waals surface area contributed by atoms with Gasteiger partial charge in [0.15, 0.2) is 0 Å². The second-order valence-corrected chi connectivity index (χ2v) is 7.72. The van der Waals surface area contributed by atoms with E-state index in [0.29, 0.717) is 19.1 Å². The van der Waals surface area contributed by atoms with Gasteiger partial charge in [0, 0.05) is 36.9 Å². The van der Waals surface area contributed by atoms with Gasteiger partial charge in [-0.05, 0) is 34.1 Å². The molecule has 1 fully saturated rings. The lowest BCUT2D eigenvalue weighted by molar-refractivity contribution is 0.465. The number of aromatic nitrogens is 2. The van der Waals surface area contributed by atoms with E-state index in [1.807, 2.05) is 13.1 Å². The van der Waals surface area contributed by atoms with Crippen LogP contribution in [-0.4, -0.2) is 41.1 Å². The lowest BCUT2D eigenvalue weighted by Gasteiger charge is -2.18. The predicted octanol–water partition coefficient (Wildman–Crippen LogP) is 1.91. The van der Waals surface area contributed by atoms with Gasteiger partial charge in [-0.2, -0.15) is 0 Å². The molecule has 0 aliphatic carbocycles. The van der Waals surface area contributed by atoms with Crippen molar-refractivity contribution in [2.45, 2.75) is 46.1 Å². The molecule has 5 nitrogen and oxygen atoms in total. The second-order valence-electron chi connectivity index (χ2n) is 5.47. The minimum atomic E-state index is -3.07. The van der Waals surface area contributed by atoms with Crippen LogP contribution in [0.15, 0.2) is 6.20 Å². The summed E-state index contributed by atoms with van der Waals surface area (Å²) in [6.07, 6.45) is 2.74. The number of sulfonamides is 1. The van der Waals surface area contributed by atoms with Gasteiger partial charge in [0.2, 0.25) is 10.0 Å². The highest BCUT2D eigenvalue weighted by Crippen LogP contribution is 2.30.